The molecule has 0 amide bonds. The van der Waals surface area contributed by atoms with Crippen LogP contribution in [-0.2, 0) is 23.9 Å². The Hall–Kier alpha value is 0.150. The van der Waals surface area contributed by atoms with E-state index in [1.54, 1.807) is 0 Å². The monoisotopic (exact) mass is 210 g/mol. The third-order valence-corrected chi connectivity index (χ3v) is 2.22. The van der Waals surface area contributed by atoms with E-state index in [0.717, 1.165) is 0 Å². The fourth-order valence-corrected chi connectivity index (χ4v) is 2.02. The normalized spacial score (nSPS) is 12.2. The smallest absolute Gasteiger partial charge is 0.199 e. The summed E-state index contributed by atoms with van der Waals surface area (Å²) in [6.45, 7) is 0. The molecule has 0 bridgehead atoms. The fourth-order valence-electron chi connectivity index (χ4n) is 0.225. The number of hydrogen-bond acceptors (Lipinski definition) is 5. The number of halogens is 1. The Labute approximate surface area is 66.0 Å². The highest BCUT2D eigenvalue weighted by Crippen LogP contribution is 1.92. The topological polar surface area (TPSA) is 77.5 Å². The molecule has 0 aromatic carbocycles. The molecular weight excluding hydrogens is 204 g/mol. The summed E-state index contributed by atoms with van der Waals surface area (Å²) in [6.07, 6.45) is 1.32. The average Bonchev–Trinajstić information content (AvgIpc) is 1.14. The van der Waals surface area contributed by atoms with E-state index in [9.17, 15) is 16.8 Å². The maximum absolute atomic E-state index is 10.0. The summed E-state index contributed by atoms with van der Waals surface area (Å²) in [7, 11) is -7.74. The van der Waals surface area contributed by atoms with Crippen LogP contribution in [-0.4, -0.2) is 29.3 Å². The molecule has 0 aromatic heterocycles. The Morgan fingerprint density at radius 1 is 0.900 bits per heavy atom. The predicted octanol–water partition coefficient (Wildman–Crippen LogP) is -0.656. The van der Waals surface area contributed by atoms with Gasteiger partial charge in [-0.25, -0.2) is 0 Å². The van der Waals surface area contributed by atoms with Crippen molar-refractivity contribution in [1.82, 2.24) is 0 Å². The van der Waals surface area contributed by atoms with Crippen molar-refractivity contribution in [3.63, 3.8) is 0 Å². The predicted molar refractivity (Wildman–Crippen MR) is 38.0 cm³/mol. The zero-order chi connectivity index (χ0) is 7.71. The van der Waals surface area contributed by atoms with Crippen LogP contribution in [0, 0.1) is 0 Å². The molecule has 0 unspecified atom stereocenters. The first-order valence-electron chi connectivity index (χ1n) is 1.82. The second-order valence-corrected chi connectivity index (χ2v) is 4.84. The summed E-state index contributed by atoms with van der Waals surface area (Å²) < 4.78 is 43.8. The summed E-state index contributed by atoms with van der Waals surface area (Å²) in [6, 6.07) is 0. The minimum Gasteiger partial charge on any atom is -0.199 e. The van der Waals surface area contributed by atoms with E-state index >= 15 is 0 Å². The van der Waals surface area contributed by atoms with Crippen LogP contribution in [0.15, 0.2) is 0 Å². The van der Waals surface area contributed by atoms with E-state index in [2.05, 4.69) is 3.63 Å². The van der Waals surface area contributed by atoms with E-state index in [1.807, 2.05) is 0 Å². The average molecular weight is 211 g/mol. The van der Waals surface area contributed by atoms with Crippen LogP contribution in [0.25, 0.3) is 0 Å². The molecule has 0 saturated heterocycles. The summed E-state index contributed by atoms with van der Waals surface area (Å²) in [5.74, 6) is 0. The van der Waals surface area contributed by atoms with Crippen molar-refractivity contribution in [3.05, 3.63) is 0 Å². The number of rotatable bonds is 2. The van der Waals surface area contributed by atoms with Crippen molar-refractivity contribution in [3.8, 4) is 0 Å². The van der Waals surface area contributed by atoms with E-state index in [1.165, 1.54) is 0 Å². The first-order valence-corrected chi connectivity index (χ1v) is 5.45. The molecule has 0 aliphatic heterocycles. The maximum Gasteiger partial charge on any atom is 0.278 e. The van der Waals surface area contributed by atoms with Crippen LogP contribution in [0.1, 0.15) is 0 Å². The molecule has 0 atom stereocenters. The van der Waals surface area contributed by atoms with Crippen molar-refractivity contribution in [2.45, 2.75) is 0 Å². The highest BCUT2D eigenvalue weighted by atomic mass is 35.5. The lowest BCUT2D eigenvalue weighted by Crippen LogP contribution is -2.09. The Kier molecular flexibility index (Phi) is 4.50. The molecule has 0 aliphatic rings. The van der Waals surface area contributed by atoms with Gasteiger partial charge in [-0.1, -0.05) is 0 Å². The SMILES string of the molecule is CS(=O)(=O)OS(C)(=O)=O.Cl. The van der Waals surface area contributed by atoms with E-state index < -0.39 is 20.2 Å². The standard InChI is InChI=1S/C2H6O5S2.ClH/c1-8(3,4)7-9(2,5)6;/h1-2H3;1H. The number of hydrogen-bond donors (Lipinski definition) is 0. The summed E-state index contributed by atoms with van der Waals surface area (Å²) in [5.41, 5.74) is 0. The van der Waals surface area contributed by atoms with E-state index in [-0.39, 0.29) is 12.4 Å². The van der Waals surface area contributed by atoms with Gasteiger partial charge in [0, 0.05) is 0 Å². The van der Waals surface area contributed by atoms with Gasteiger partial charge >= 0.3 is 0 Å². The van der Waals surface area contributed by atoms with Gasteiger partial charge in [0.05, 0.1) is 12.5 Å². The molecule has 0 rings (SSSR count). The molecule has 0 N–H and O–H groups in total. The van der Waals surface area contributed by atoms with Crippen LogP contribution in [0.3, 0.4) is 0 Å². The summed E-state index contributed by atoms with van der Waals surface area (Å²) in [4.78, 5) is 0. The first kappa shape index (κ1) is 12.8. The third-order valence-electron chi connectivity index (χ3n) is 0.247. The molecule has 0 aromatic rings. The Balaban J connectivity index is 0. The minimum absolute atomic E-state index is 0. The molecule has 0 fully saturated rings. The highest BCUT2D eigenvalue weighted by molar-refractivity contribution is 7.99. The molecule has 64 valence electrons. The van der Waals surface area contributed by atoms with Gasteiger partial charge in [0.2, 0.25) is 0 Å². The van der Waals surface area contributed by atoms with Gasteiger partial charge in [0.15, 0.2) is 0 Å². The van der Waals surface area contributed by atoms with Gasteiger partial charge in [-0.05, 0) is 0 Å². The van der Waals surface area contributed by atoms with Crippen LogP contribution in [0.5, 0.6) is 0 Å². The Morgan fingerprint density at radius 3 is 1.10 bits per heavy atom. The zero-order valence-corrected chi connectivity index (χ0v) is 7.72. The van der Waals surface area contributed by atoms with Crippen molar-refractivity contribution < 1.29 is 20.5 Å². The van der Waals surface area contributed by atoms with Gasteiger partial charge in [-0.2, -0.15) is 16.8 Å². The highest BCUT2D eigenvalue weighted by Gasteiger charge is 2.10. The van der Waals surface area contributed by atoms with Gasteiger partial charge in [0.25, 0.3) is 20.2 Å². The first-order chi connectivity index (χ1) is 3.71. The second-order valence-electron chi connectivity index (χ2n) is 1.48. The van der Waals surface area contributed by atoms with Crippen molar-refractivity contribution in [1.29, 1.82) is 0 Å². The van der Waals surface area contributed by atoms with Gasteiger partial charge in [-0.3, -0.25) is 0 Å². The largest absolute Gasteiger partial charge is 0.278 e. The molecule has 0 saturated carbocycles. The molecule has 0 heterocycles. The second kappa shape index (κ2) is 3.51. The van der Waals surface area contributed by atoms with Crippen LogP contribution in [0.2, 0.25) is 0 Å². The molecule has 10 heavy (non-hydrogen) atoms. The lowest BCUT2D eigenvalue weighted by atomic mass is 12.0. The Bertz CT molecular complexity index is 243. The maximum atomic E-state index is 10.0. The lowest BCUT2D eigenvalue weighted by Gasteiger charge is -1.92. The Morgan fingerprint density at radius 2 is 1.10 bits per heavy atom. The zero-order valence-electron chi connectivity index (χ0n) is 5.27. The van der Waals surface area contributed by atoms with Gasteiger partial charge < -0.3 is 0 Å². The summed E-state index contributed by atoms with van der Waals surface area (Å²) >= 11 is 0. The van der Waals surface area contributed by atoms with Crippen LogP contribution >= 0.6 is 12.4 Å². The van der Waals surface area contributed by atoms with Crippen molar-refractivity contribution in [2.24, 2.45) is 0 Å². The van der Waals surface area contributed by atoms with E-state index in [4.69, 9.17) is 0 Å². The van der Waals surface area contributed by atoms with Gasteiger partial charge in [0.1, 0.15) is 0 Å². The molecule has 8 heteroatoms. The van der Waals surface area contributed by atoms with Crippen molar-refractivity contribution >= 4 is 32.6 Å². The molecular formula is C2H7ClO5S2. The molecule has 0 aliphatic carbocycles. The molecule has 5 nitrogen and oxygen atoms in total. The molecule has 0 spiro atoms. The fraction of sp³-hybridized carbons (Fsp3) is 1.00. The molecule has 0 radical (unpaired) electrons. The van der Waals surface area contributed by atoms with Crippen LogP contribution < -0.4 is 0 Å². The third kappa shape index (κ3) is 11.0. The van der Waals surface area contributed by atoms with E-state index in [0.29, 0.717) is 12.5 Å². The quantitative estimate of drug-likeness (QED) is 0.605. The van der Waals surface area contributed by atoms with Gasteiger partial charge in [-0.15, -0.1) is 16.0 Å². The summed E-state index contributed by atoms with van der Waals surface area (Å²) in [5, 5.41) is 0. The minimum atomic E-state index is -3.87. The van der Waals surface area contributed by atoms with Crippen molar-refractivity contribution in [2.75, 3.05) is 12.5 Å². The van der Waals surface area contributed by atoms with Crippen LogP contribution in [0.4, 0.5) is 0 Å². The lowest BCUT2D eigenvalue weighted by molar-refractivity contribution is 0.471.